The second-order valence-corrected chi connectivity index (χ2v) is 7.74. The molecule has 20 heavy (non-hydrogen) atoms. The van der Waals surface area contributed by atoms with Crippen LogP contribution in [0.3, 0.4) is 0 Å². The molecule has 1 aromatic rings. The van der Waals surface area contributed by atoms with E-state index in [0.29, 0.717) is 29.8 Å². The van der Waals surface area contributed by atoms with Gasteiger partial charge in [-0.25, -0.2) is 8.99 Å². The SMILES string of the molecule is COc1cc([S@](=N)(=O)C2COC2)ccc1NCC(C)C. The number of methoxy groups -OCH3 is 1. The minimum absolute atomic E-state index is 0.207. The summed E-state index contributed by atoms with van der Waals surface area (Å²) in [4.78, 5) is 0.512. The van der Waals surface area contributed by atoms with Crippen LogP contribution >= 0.6 is 0 Å². The Kier molecular flexibility index (Phi) is 4.55. The zero-order valence-electron chi connectivity index (χ0n) is 12.1. The minimum atomic E-state index is -2.82. The maximum absolute atomic E-state index is 12.5. The van der Waals surface area contributed by atoms with Crippen molar-refractivity contribution in [3.63, 3.8) is 0 Å². The van der Waals surface area contributed by atoms with Crippen LogP contribution in [0.15, 0.2) is 23.1 Å². The molecule has 0 radical (unpaired) electrons. The molecule has 6 heteroatoms. The summed E-state index contributed by atoms with van der Waals surface area (Å²) in [5.74, 6) is 1.15. The van der Waals surface area contributed by atoms with Crippen molar-refractivity contribution in [1.29, 1.82) is 4.78 Å². The van der Waals surface area contributed by atoms with Gasteiger partial charge in [-0.15, -0.1) is 0 Å². The molecule has 0 bridgehead atoms. The van der Waals surface area contributed by atoms with Crippen molar-refractivity contribution < 1.29 is 13.7 Å². The van der Waals surface area contributed by atoms with Gasteiger partial charge in [0.05, 0.1) is 45.9 Å². The lowest BCUT2D eigenvalue weighted by molar-refractivity contribution is 0.0427. The van der Waals surface area contributed by atoms with Gasteiger partial charge < -0.3 is 14.8 Å². The number of benzene rings is 1. The summed E-state index contributed by atoms with van der Waals surface area (Å²) >= 11 is 0. The smallest absolute Gasteiger partial charge is 0.143 e. The quantitative estimate of drug-likeness (QED) is 0.846. The fourth-order valence-corrected chi connectivity index (χ4v) is 3.43. The second kappa shape index (κ2) is 6.01. The highest BCUT2D eigenvalue weighted by Crippen LogP contribution is 2.31. The summed E-state index contributed by atoms with van der Waals surface area (Å²) in [6, 6.07) is 5.29. The number of hydrogen-bond acceptors (Lipinski definition) is 5. The lowest BCUT2D eigenvalue weighted by atomic mass is 10.2. The number of hydrogen-bond donors (Lipinski definition) is 2. The van der Waals surface area contributed by atoms with Crippen molar-refractivity contribution in [3.05, 3.63) is 18.2 Å². The Balaban J connectivity index is 2.24. The van der Waals surface area contributed by atoms with Crippen molar-refractivity contribution in [1.82, 2.24) is 0 Å². The van der Waals surface area contributed by atoms with E-state index in [2.05, 4.69) is 19.2 Å². The molecule has 1 heterocycles. The fourth-order valence-electron chi connectivity index (χ4n) is 1.92. The van der Waals surface area contributed by atoms with E-state index in [1.807, 2.05) is 6.07 Å². The van der Waals surface area contributed by atoms with E-state index in [-0.39, 0.29) is 5.25 Å². The molecule has 1 atom stereocenters. The first-order valence-electron chi connectivity index (χ1n) is 6.72. The van der Waals surface area contributed by atoms with Crippen molar-refractivity contribution in [3.8, 4) is 5.75 Å². The average Bonchev–Trinajstić information content (AvgIpc) is 2.33. The van der Waals surface area contributed by atoms with E-state index < -0.39 is 9.73 Å². The number of nitrogens with one attached hydrogen (secondary N) is 2. The van der Waals surface area contributed by atoms with Crippen molar-refractivity contribution >= 4 is 15.4 Å². The lowest BCUT2D eigenvalue weighted by Gasteiger charge is -2.28. The lowest BCUT2D eigenvalue weighted by Crippen LogP contribution is -2.40. The Morgan fingerprint density at radius 3 is 2.70 bits per heavy atom. The predicted octanol–water partition coefficient (Wildman–Crippen LogP) is 2.57. The zero-order chi connectivity index (χ0) is 14.8. The molecule has 1 fully saturated rings. The molecule has 1 aliphatic heterocycles. The van der Waals surface area contributed by atoms with Gasteiger partial charge in [0.25, 0.3) is 0 Å². The van der Waals surface area contributed by atoms with Crippen LogP contribution < -0.4 is 10.1 Å². The van der Waals surface area contributed by atoms with Crippen molar-refractivity contribution in [2.45, 2.75) is 24.0 Å². The van der Waals surface area contributed by atoms with Gasteiger partial charge in [0.2, 0.25) is 0 Å². The monoisotopic (exact) mass is 298 g/mol. The Bertz CT molecular complexity index is 566. The molecule has 2 rings (SSSR count). The van der Waals surface area contributed by atoms with Gasteiger partial charge >= 0.3 is 0 Å². The Hall–Kier alpha value is -1.27. The van der Waals surface area contributed by atoms with Crippen LogP contribution in [-0.4, -0.2) is 36.3 Å². The Morgan fingerprint density at radius 1 is 1.50 bits per heavy atom. The molecule has 0 unspecified atom stereocenters. The molecular weight excluding hydrogens is 276 g/mol. The van der Waals surface area contributed by atoms with Crippen LogP contribution in [0, 0.1) is 10.7 Å². The van der Waals surface area contributed by atoms with Crippen LogP contribution in [0.1, 0.15) is 13.8 Å². The molecule has 1 saturated heterocycles. The molecule has 1 aliphatic rings. The summed E-state index contributed by atoms with van der Waals surface area (Å²) < 4.78 is 31.0. The average molecular weight is 298 g/mol. The molecule has 112 valence electrons. The van der Waals surface area contributed by atoms with Gasteiger partial charge in [0.15, 0.2) is 0 Å². The molecule has 2 N–H and O–H groups in total. The third-order valence-electron chi connectivity index (χ3n) is 3.30. The molecule has 0 aliphatic carbocycles. The summed E-state index contributed by atoms with van der Waals surface area (Å²) in [5.41, 5.74) is 0.866. The predicted molar refractivity (Wildman–Crippen MR) is 80.1 cm³/mol. The highest BCUT2D eigenvalue weighted by atomic mass is 32.2. The third kappa shape index (κ3) is 3.07. The van der Waals surface area contributed by atoms with Gasteiger partial charge in [-0.3, -0.25) is 0 Å². The van der Waals surface area contributed by atoms with Gasteiger partial charge in [-0.2, -0.15) is 0 Å². The molecule has 0 aromatic heterocycles. The summed E-state index contributed by atoms with van der Waals surface area (Å²) in [7, 11) is -1.23. The third-order valence-corrected chi connectivity index (χ3v) is 5.47. The van der Waals surface area contributed by atoms with E-state index in [0.717, 1.165) is 12.2 Å². The summed E-state index contributed by atoms with van der Waals surface area (Å²) in [6.45, 7) is 5.89. The van der Waals surface area contributed by atoms with Crippen molar-refractivity contribution in [2.24, 2.45) is 5.92 Å². The number of rotatable bonds is 6. The van der Waals surface area contributed by atoms with Crippen LogP contribution in [-0.2, 0) is 14.5 Å². The van der Waals surface area contributed by atoms with Crippen LogP contribution in [0.5, 0.6) is 5.75 Å². The van der Waals surface area contributed by atoms with Crippen LogP contribution in [0.2, 0.25) is 0 Å². The van der Waals surface area contributed by atoms with E-state index in [9.17, 15) is 4.21 Å². The Labute approximate surface area is 120 Å². The molecule has 1 aromatic carbocycles. The first-order valence-corrected chi connectivity index (χ1v) is 8.34. The molecule has 5 nitrogen and oxygen atoms in total. The normalized spacial score (nSPS) is 18.4. The van der Waals surface area contributed by atoms with Gasteiger partial charge in [0.1, 0.15) is 5.75 Å². The molecular formula is C14H22N2O3S. The van der Waals surface area contributed by atoms with Gasteiger partial charge in [-0.1, -0.05) is 13.8 Å². The standard InChI is InChI=1S/C14H22N2O3S/c1-10(2)7-16-13-5-4-11(6-14(13)18-3)20(15,17)12-8-19-9-12/h4-6,10,12,15-16H,7-9H2,1-3H3/t20-/m0/s1. The second-order valence-electron chi connectivity index (χ2n) is 5.40. The maximum Gasteiger partial charge on any atom is 0.143 e. The number of anilines is 1. The van der Waals surface area contributed by atoms with Gasteiger partial charge in [0, 0.05) is 6.54 Å². The topological polar surface area (TPSA) is 71.4 Å². The van der Waals surface area contributed by atoms with E-state index in [4.69, 9.17) is 14.3 Å². The highest BCUT2D eigenvalue weighted by molar-refractivity contribution is 7.93. The summed E-state index contributed by atoms with van der Waals surface area (Å²) in [5, 5.41) is 3.09. The molecule has 0 saturated carbocycles. The van der Waals surface area contributed by atoms with E-state index in [1.54, 1.807) is 19.2 Å². The van der Waals surface area contributed by atoms with Crippen LogP contribution in [0.4, 0.5) is 5.69 Å². The van der Waals surface area contributed by atoms with E-state index in [1.165, 1.54) is 0 Å². The first-order chi connectivity index (χ1) is 9.45. The highest BCUT2D eigenvalue weighted by Gasteiger charge is 2.31. The van der Waals surface area contributed by atoms with Gasteiger partial charge in [-0.05, 0) is 24.1 Å². The minimum Gasteiger partial charge on any atom is -0.495 e. The zero-order valence-corrected chi connectivity index (χ0v) is 13.0. The van der Waals surface area contributed by atoms with Crippen LogP contribution in [0.25, 0.3) is 0 Å². The Morgan fingerprint density at radius 2 is 2.20 bits per heavy atom. The van der Waals surface area contributed by atoms with Crippen molar-refractivity contribution in [2.75, 3.05) is 32.2 Å². The molecule has 0 spiro atoms. The first kappa shape index (κ1) is 15.1. The summed E-state index contributed by atoms with van der Waals surface area (Å²) in [6.07, 6.45) is 0. The number of ether oxygens (including phenoxy) is 2. The molecule has 0 amide bonds. The largest absolute Gasteiger partial charge is 0.495 e. The van der Waals surface area contributed by atoms with E-state index >= 15 is 0 Å². The fraction of sp³-hybridized carbons (Fsp3) is 0.571. The maximum atomic E-state index is 12.5.